The van der Waals surface area contributed by atoms with E-state index in [0.29, 0.717) is 0 Å². The zero-order chi connectivity index (χ0) is 7.71. The summed E-state index contributed by atoms with van der Waals surface area (Å²) in [4.78, 5) is 0. The summed E-state index contributed by atoms with van der Waals surface area (Å²) in [5.41, 5.74) is -0.729. The minimum absolute atomic E-state index is 0. The first-order valence-corrected chi connectivity index (χ1v) is 3.91. The summed E-state index contributed by atoms with van der Waals surface area (Å²) in [5, 5.41) is 4.57. The summed E-state index contributed by atoms with van der Waals surface area (Å²) in [6.45, 7) is 4.83. The van der Waals surface area contributed by atoms with Gasteiger partial charge >= 0.3 is 10.3 Å². The van der Waals surface area contributed by atoms with Crippen molar-refractivity contribution in [2.75, 3.05) is 0 Å². The van der Waals surface area contributed by atoms with Crippen molar-refractivity contribution >= 4 is 39.9 Å². The molecule has 0 saturated heterocycles. The maximum absolute atomic E-state index is 10.2. The first-order valence-electron chi connectivity index (χ1n) is 2.44. The largest absolute Gasteiger partial charge is 0.333 e. The molecule has 1 radical (unpaired) electrons. The molecule has 4 nitrogen and oxygen atoms in total. The van der Waals surface area contributed by atoms with Crippen LogP contribution >= 0.6 is 0 Å². The van der Waals surface area contributed by atoms with E-state index in [2.05, 4.69) is 9.32 Å². The summed E-state index contributed by atoms with van der Waals surface area (Å²) in [5.74, 6) is 0. The zero-order valence-electron chi connectivity index (χ0n) is 6.71. The maximum Gasteiger partial charge on any atom is 0.333 e. The number of nitrogens with two attached hydrogens (primary N) is 1. The summed E-state index contributed by atoms with van der Waals surface area (Å²) < 4.78 is 24.8. The molecule has 0 aliphatic carbocycles. The number of hydrogen-bond donors (Lipinski definition) is 1. The molecule has 10 heavy (non-hydrogen) atoms. The van der Waals surface area contributed by atoms with Gasteiger partial charge in [0, 0.05) is 29.6 Å². The van der Waals surface area contributed by atoms with Crippen molar-refractivity contribution in [3.63, 3.8) is 0 Å². The van der Waals surface area contributed by atoms with Gasteiger partial charge in [-0.3, -0.25) is 4.18 Å². The van der Waals surface area contributed by atoms with Crippen LogP contribution in [-0.4, -0.2) is 43.6 Å². The second-order valence-corrected chi connectivity index (χ2v) is 3.84. The normalized spacial score (nSPS) is 12.4. The molecule has 0 bridgehead atoms. The minimum atomic E-state index is -3.78. The average molecular weight is 176 g/mol. The fourth-order valence-corrected chi connectivity index (χ4v) is 1.05. The van der Waals surface area contributed by atoms with Gasteiger partial charge in [-0.05, 0) is 20.8 Å². The van der Waals surface area contributed by atoms with E-state index in [9.17, 15) is 8.42 Å². The molecule has 2 N–H and O–H groups in total. The Morgan fingerprint density at radius 2 is 1.60 bits per heavy atom. The van der Waals surface area contributed by atoms with Gasteiger partial charge < -0.3 is 0 Å². The van der Waals surface area contributed by atoms with Crippen LogP contribution in [0.5, 0.6) is 0 Å². The molecule has 0 aromatic heterocycles. The molecule has 0 spiro atoms. The van der Waals surface area contributed by atoms with Crippen molar-refractivity contribution in [2.45, 2.75) is 26.4 Å². The van der Waals surface area contributed by atoms with Crippen LogP contribution in [0.3, 0.4) is 0 Å². The topological polar surface area (TPSA) is 69.4 Å². The Morgan fingerprint density at radius 3 is 1.60 bits per heavy atom. The molecule has 6 heteroatoms. The molecule has 57 valence electrons. The van der Waals surface area contributed by atoms with Crippen molar-refractivity contribution in [3.05, 3.63) is 0 Å². The van der Waals surface area contributed by atoms with Crippen molar-refractivity contribution < 1.29 is 12.6 Å². The molecule has 0 rings (SSSR count). The molecule has 0 aromatic rings. The average Bonchev–Trinajstić information content (AvgIpc) is 1.14. The van der Waals surface area contributed by atoms with E-state index in [0.717, 1.165) is 0 Å². The molecule has 0 saturated carbocycles. The smallest absolute Gasteiger partial charge is 0.252 e. The molecular weight excluding hydrogens is 165 g/mol. The summed E-state index contributed by atoms with van der Waals surface area (Å²) >= 11 is 0. The molecular formula is C4H11NNaO3S. The second kappa shape index (κ2) is 4.04. The van der Waals surface area contributed by atoms with E-state index >= 15 is 0 Å². The Labute approximate surface area is 83.7 Å². The van der Waals surface area contributed by atoms with Crippen molar-refractivity contribution in [3.8, 4) is 0 Å². The van der Waals surface area contributed by atoms with E-state index in [1.165, 1.54) is 0 Å². The van der Waals surface area contributed by atoms with Crippen LogP contribution in [0.15, 0.2) is 0 Å². The molecule has 0 fully saturated rings. The van der Waals surface area contributed by atoms with Gasteiger partial charge in [0.05, 0.1) is 5.60 Å². The quantitative estimate of drug-likeness (QED) is 0.554. The summed E-state index contributed by atoms with van der Waals surface area (Å²) in [7, 11) is -3.78. The van der Waals surface area contributed by atoms with E-state index in [1.807, 2.05) is 0 Å². The van der Waals surface area contributed by atoms with Gasteiger partial charge in [0.15, 0.2) is 0 Å². The van der Waals surface area contributed by atoms with Crippen LogP contribution in [0.25, 0.3) is 0 Å². The Balaban J connectivity index is 0. The predicted molar refractivity (Wildman–Crippen MR) is 39.7 cm³/mol. The summed E-state index contributed by atoms with van der Waals surface area (Å²) in [6.07, 6.45) is 0. The van der Waals surface area contributed by atoms with Crippen LogP contribution in [0.4, 0.5) is 0 Å². The molecule has 0 aliphatic heterocycles. The Kier molecular flexibility index (Phi) is 5.43. The third-order valence-electron chi connectivity index (χ3n) is 0.366. The van der Waals surface area contributed by atoms with Gasteiger partial charge in [0.2, 0.25) is 0 Å². The number of hydrogen-bond acceptors (Lipinski definition) is 3. The van der Waals surface area contributed by atoms with Crippen LogP contribution in [0.2, 0.25) is 0 Å². The Morgan fingerprint density at radius 1 is 1.30 bits per heavy atom. The van der Waals surface area contributed by atoms with Crippen LogP contribution in [0.1, 0.15) is 20.8 Å². The van der Waals surface area contributed by atoms with Crippen LogP contribution in [-0.2, 0) is 14.5 Å². The molecule has 0 amide bonds. The van der Waals surface area contributed by atoms with Gasteiger partial charge in [0.1, 0.15) is 0 Å². The van der Waals surface area contributed by atoms with Gasteiger partial charge in [-0.25, -0.2) is 5.14 Å². The Hall–Kier alpha value is 0.870. The molecule has 0 heterocycles. The molecule has 0 unspecified atom stereocenters. The van der Waals surface area contributed by atoms with Gasteiger partial charge in [-0.1, -0.05) is 0 Å². The van der Waals surface area contributed by atoms with Crippen LogP contribution < -0.4 is 5.14 Å². The molecule has 0 atom stereocenters. The Bertz CT molecular complexity index is 181. The molecule has 0 aliphatic rings. The fourth-order valence-electron chi connectivity index (χ4n) is 0.348. The molecule has 0 aromatic carbocycles. The van der Waals surface area contributed by atoms with Crippen molar-refractivity contribution in [1.82, 2.24) is 0 Å². The number of rotatable bonds is 1. The maximum atomic E-state index is 10.2. The van der Waals surface area contributed by atoms with Gasteiger partial charge in [0.25, 0.3) is 0 Å². The van der Waals surface area contributed by atoms with E-state index in [4.69, 9.17) is 0 Å². The fraction of sp³-hybridized carbons (Fsp3) is 1.00. The summed E-state index contributed by atoms with van der Waals surface area (Å²) in [6, 6.07) is 0. The standard InChI is InChI=1S/C4H11NO3S.Na/c1-4(2,3)8-9(5,6)7;/h1-3H3,(H2,5,6,7);. The van der Waals surface area contributed by atoms with E-state index in [-0.39, 0.29) is 29.6 Å². The van der Waals surface area contributed by atoms with Crippen molar-refractivity contribution in [2.24, 2.45) is 5.14 Å². The van der Waals surface area contributed by atoms with E-state index in [1.54, 1.807) is 20.8 Å². The zero-order valence-corrected chi connectivity index (χ0v) is 9.53. The minimum Gasteiger partial charge on any atom is -0.252 e. The predicted octanol–water partition coefficient (Wildman–Crippen LogP) is -0.376. The van der Waals surface area contributed by atoms with Crippen molar-refractivity contribution in [1.29, 1.82) is 0 Å². The van der Waals surface area contributed by atoms with Gasteiger partial charge in [-0.2, -0.15) is 8.42 Å². The van der Waals surface area contributed by atoms with Crippen LogP contribution in [0, 0.1) is 0 Å². The first kappa shape index (κ1) is 13.5. The SMILES string of the molecule is CC(C)(C)OS(N)(=O)=O.[Na]. The third-order valence-corrected chi connectivity index (χ3v) is 1.10. The monoisotopic (exact) mass is 176 g/mol. The second-order valence-electron chi connectivity index (χ2n) is 2.69. The van der Waals surface area contributed by atoms with Gasteiger partial charge in [-0.15, -0.1) is 0 Å². The third kappa shape index (κ3) is 11.6. The van der Waals surface area contributed by atoms with E-state index < -0.39 is 15.9 Å². The first-order chi connectivity index (χ1) is 3.71.